The third-order valence-corrected chi connectivity index (χ3v) is 3.02. The van der Waals surface area contributed by atoms with Gasteiger partial charge in [0.05, 0.1) is 5.52 Å². The van der Waals surface area contributed by atoms with Gasteiger partial charge in [0.1, 0.15) is 0 Å². The van der Waals surface area contributed by atoms with Crippen LogP contribution in [0.3, 0.4) is 0 Å². The summed E-state index contributed by atoms with van der Waals surface area (Å²) in [5, 5.41) is 0.972. The van der Waals surface area contributed by atoms with E-state index >= 15 is 0 Å². The van der Waals surface area contributed by atoms with Crippen molar-refractivity contribution in [1.29, 1.82) is 0 Å². The highest BCUT2D eigenvalue weighted by atomic mass is 16.3. The molecule has 4 nitrogen and oxygen atoms in total. The number of pyridine rings is 1. The van der Waals surface area contributed by atoms with Crippen LogP contribution in [0.15, 0.2) is 22.6 Å². The van der Waals surface area contributed by atoms with Crippen LogP contribution in [0.1, 0.15) is 24.8 Å². The van der Waals surface area contributed by atoms with E-state index in [1.54, 1.807) is 0 Å². The number of aromatic nitrogens is 2. The molecule has 0 spiro atoms. The zero-order valence-corrected chi connectivity index (χ0v) is 10.5. The molecule has 2 N–H and O–H groups in total. The van der Waals surface area contributed by atoms with Crippen LogP contribution in [0.5, 0.6) is 0 Å². The highest BCUT2D eigenvalue weighted by molar-refractivity contribution is 6.04. The smallest absolute Gasteiger partial charge is 0.195 e. The number of nitrogen functional groups attached to an aromatic ring is 1. The van der Waals surface area contributed by atoms with Gasteiger partial charge in [-0.3, -0.25) is 0 Å². The topological polar surface area (TPSA) is 64.9 Å². The highest BCUT2D eigenvalue weighted by Gasteiger charge is 2.13. The average molecular weight is 241 g/mol. The predicted molar refractivity (Wildman–Crippen MR) is 72.5 cm³/mol. The first-order valence-electron chi connectivity index (χ1n) is 6.14. The molecule has 0 radical (unpaired) electrons. The van der Waals surface area contributed by atoms with Crippen molar-refractivity contribution < 1.29 is 4.42 Å². The van der Waals surface area contributed by atoms with Crippen molar-refractivity contribution in [2.24, 2.45) is 0 Å². The van der Waals surface area contributed by atoms with Gasteiger partial charge in [0.2, 0.25) is 0 Å². The van der Waals surface area contributed by atoms with Crippen LogP contribution in [0, 0.1) is 6.92 Å². The molecule has 0 bridgehead atoms. The molecule has 18 heavy (non-hydrogen) atoms. The number of oxazole rings is 1. The van der Waals surface area contributed by atoms with Gasteiger partial charge in [-0.2, -0.15) is 0 Å². The van der Waals surface area contributed by atoms with Crippen molar-refractivity contribution in [3.63, 3.8) is 0 Å². The van der Waals surface area contributed by atoms with Crippen LogP contribution in [0.2, 0.25) is 0 Å². The molecular formula is C14H15N3O. The van der Waals surface area contributed by atoms with E-state index in [-0.39, 0.29) is 0 Å². The molecule has 0 fully saturated rings. The summed E-state index contributed by atoms with van der Waals surface area (Å²) in [7, 11) is 0. The number of aryl methyl sites for hydroxylation is 2. The number of anilines is 1. The zero-order valence-electron chi connectivity index (χ0n) is 10.5. The summed E-state index contributed by atoms with van der Waals surface area (Å²) in [6.45, 7) is 4.13. The molecule has 0 aliphatic heterocycles. The summed E-state index contributed by atoms with van der Waals surface area (Å²) in [5.74, 6) is 1.17. The number of rotatable bonds is 2. The molecular weight excluding hydrogens is 226 g/mol. The Bertz CT molecular complexity index is 731. The van der Waals surface area contributed by atoms with Crippen LogP contribution in [-0.2, 0) is 6.42 Å². The zero-order chi connectivity index (χ0) is 12.7. The fourth-order valence-electron chi connectivity index (χ4n) is 2.15. The van der Waals surface area contributed by atoms with Crippen molar-refractivity contribution >= 4 is 27.8 Å². The van der Waals surface area contributed by atoms with Gasteiger partial charge in [-0.05, 0) is 31.0 Å². The Balaban J connectivity index is 2.37. The van der Waals surface area contributed by atoms with E-state index in [1.807, 2.05) is 25.1 Å². The van der Waals surface area contributed by atoms with Crippen molar-refractivity contribution in [3.8, 4) is 0 Å². The third-order valence-electron chi connectivity index (χ3n) is 3.02. The standard InChI is InChI=1S/C14H15N3O/c1-3-4-11-17-12-13(18-11)9-6-5-8(2)7-10(9)16-14(12)15/h5-7H,3-4H2,1-2H3,(H2,15,16). The lowest BCUT2D eigenvalue weighted by molar-refractivity contribution is 0.527. The second kappa shape index (κ2) is 3.98. The van der Waals surface area contributed by atoms with Gasteiger partial charge in [-0.25, -0.2) is 9.97 Å². The van der Waals surface area contributed by atoms with Crippen LogP contribution in [0.4, 0.5) is 5.82 Å². The van der Waals surface area contributed by atoms with E-state index in [4.69, 9.17) is 10.2 Å². The monoisotopic (exact) mass is 241 g/mol. The number of nitrogens with two attached hydrogens (primary N) is 1. The molecule has 0 amide bonds. The quantitative estimate of drug-likeness (QED) is 0.748. The maximum absolute atomic E-state index is 5.95. The van der Waals surface area contributed by atoms with Crippen molar-refractivity contribution in [3.05, 3.63) is 29.7 Å². The van der Waals surface area contributed by atoms with Gasteiger partial charge in [0, 0.05) is 11.8 Å². The summed E-state index contributed by atoms with van der Waals surface area (Å²) in [5.41, 5.74) is 9.39. The Kier molecular flexibility index (Phi) is 2.44. The molecule has 2 heterocycles. The fourth-order valence-corrected chi connectivity index (χ4v) is 2.15. The van der Waals surface area contributed by atoms with Gasteiger partial charge in [-0.1, -0.05) is 13.0 Å². The molecule has 0 aliphatic carbocycles. The summed E-state index contributed by atoms with van der Waals surface area (Å²) in [4.78, 5) is 8.81. The molecule has 92 valence electrons. The van der Waals surface area contributed by atoms with Gasteiger partial charge >= 0.3 is 0 Å². The Labute approximate surface area is 105 Å². The average Bonchev–Trinajstić information content (AvgIpc) is 2.74. The number of nitrogens with zero attached hydrogens (tertiary/aromatic N) is 2. The molecule has 0 atom stereocenters. The lowest BCUT2D eigenvalue weighted by atomic mass is 10.1. The number of benzene rings is 1. The Morgan fingerprint density at radius 2 is 2.11 bits per heavy atom. The normalized spacial score (nSPS) is 11.4. The highest BCUT2D eigenvalue weighted by Crippen LogP contribution is 2.29. The van der Waals surface area contributed by atoms with Crippen LogP contribution >= 0.6 is 0 Å². The first kappa shape index (κ1) is 11.0. The summed E-state index contributed by atoms with van der Waals surface area (Å²) in [6.07, 6.45) is 1.82. The Hall–Kier alpha value is -2.10. The molecule has 0 aliphatic rings. The van der Waals surface area contributed by atoms with Crippen molar-refractivity contribution in [1.82, 2.24) is 9.97 Å². The lowest BCUT2D eigenvalue weighted by Gasteiger charge is -2.01. The van der Waals surface area contributed by atoms with Crippen LogP contribution in [-0.4, -0.2) is 9.97 Å². The number of fused-ring (bicyclic) bond motifs is 3. The molecule has 0 saturated carbocycles. The summed E-state index contributed by atoms with van der Waals surface area (Å²) < 4.78 is 5.81. The van der Waals surface area contributed by atoms with Gasteiger partial charge in [0.25, 0.3) is 0 Å². The van der Waals surface area contributed by atoms with E-state index in [2.05, 4.69) is 16.9 Å². The SMILES string of the molecule is CCCc1nc2c(N)nc3cc(C)ccc3c2o1. The van der Waals surface area contributed by atoms with Crippen LogP contribution in [0.25, 0.3) is 22.0 Å². The minimum Gasteiger partial charge on any atom is -0.440 e. The van der Waals surface area contributed by atoms with Gasteiger partial charge < -0.3 is 10.2 Å². The second-order valence-corrected chi connectivity index (χ2v) is 4.55. The van der Waals surface area contributed by atoms with E-state index in [9.17, 15) is 0 Å². The van der Waals surface area contributed by atoms with Crippen molar-refractivity contribution in [2.45, 2.75) is 26.7 Å². The first-order valence-corrected chi connectivity index (χ1v) is 6.14. The Morgan fingerprint density at radius 1 is 1.28 bits per heavy atom. The molecule has 3 aromatic rings. The van der Waals surface area contributed by atoms with Crippen LogP contribution < -0.4 is 5.73 Å². The maximum Gasteiger partial charge on any atom is 0.195 e. The van der Waals surface area contributed by atoms with Gasteiger partial charge in [0.15, 0.2) is 22.8 Å². The first-order chi connectivity index (χ1) is 8.69. The maximum atomic E-state index is 5.95. The number of hydrogen-bond acceptors (Lipinski definition) is 4. The summed E-state index contributed by atoms with van der Waals surface area (Å²) >= 11 is 0. The minimum absolute atomic E-state index is 0.439. The van der Waals surface area contributed by atoms with E-state index < -0.39 is 0 Å². The third kappa shape index (κ3) is 1.61. The predicted octanol–water partition coefficient (Wildman–Crippen LogP) is 3.22. The minimum atomic E-state index is 0.439. The molecule has 3 rings (SSSR count). The van der Waals surface area contributed by atoms with Crippen molar-refractivity contribution in [2.75, 3.05) is 5.73 Å². The summed E-state index contributed by atoms with van der Waals surface area (Å²) in [6, 6.07) is 6.06. The largest absolute Gasteiger partial charge is 0.440 e. The molecule has 1 aromatic carbocycles. The molecule has 2 aromatic heterocycles. The second-order valence-electron chi connectivity index (χ2n) is 4.55. The van der Waals surface area contributed by atoms with E-state index in [0.29, 0.717) is 11.3 Å². The number of hydrogen-bond donors (Lipinski definition) is 1. The van der Waals surface area contributed by atoms with E-state index in [0.717, 1.165) is 40.8 Å². The molecule has 0 unspecified atom stereocenters. The molecule has 4 heteroatoms. The Morgan fingerprint density at radius 3 is 2.89 bits per heavy atom. The lowest BCUT2D eigenvalue weighted by Crippen LogP contribution is -1.93. The fraction of sp³-hybridized carbons (Fsp3) is 0.286. The molecule has 0 saturated heterocycles. The van der Waals surface area contributed by atoms with E-state index in [1.165, 1.54) is 0 Å². The van der Waals surface area contributed by atoms with Gasteiger partial charge in [-0.15, -0.1) is 0 Å².